The summed E-state index contributed by atoms with van der Waals surface area (Å²) in [5.74, 6) is 1.28. The molecular weight excluding hydrogens is 296 g/mol. The summed E-state index contributed by atoms with van der Waals surface area (Å²) in [7, 11) is 3.34. The fraction of sp³-hybridized carbons (Fsp3) is 0.562. The highest BCUT2D eigenvalue weighted by Gasteiger charge is 2.54. The SMILES string of the molecule is COc1cccn2nc(C3(N(C)C(=O)OC(C)(C)C)CC3)nc12. The molecule has 2 aromatic heterocycles. The lowest BCUT2D eigenvalue weighted by molar-refractivity contribution is 0.0181. The molecule has 1 aliphatic carbocycles. The lowest BCUT2D eigenvalue weighted by atomic mass is 10.2. The molecule has 7 heteroatoms. The van der Waals surface area contributed by atoms with E-state index in [2.05, 4.69) is 10.1 Å². The predicted molar refractivity (Wildman–Crippen MR) is 84.4 cm³/mol. The van der Waals surface area contributed by atoms with Gasteiger partial charge in [0, 0.05) is 13.2 Å². The Kier molecular flexibility index (Phi) is 3.46. The van der Waals surface area contributed by atoms with Crippen molar-refractivity contribution in [1.29, 1.82) is 0 Å². The maximum atomic E-state index is 12.4. The van der Waals surface area contributed by atoms with E-state index < -0.39 is 11.1 Å². The number of amides is 1. The van der Waals surface area contributed by atoms with E-state index in [1.54, 1.807) is 23.6 Å². The van der Waals surface area contributed by atoms with Gasteiger partial charge in [-0.1, -0.05) is 0 Å². The summed E-state index contributed by atoms with van der Waals surface area (Å²) in [6, 6.07) is 3.69. The Morgan fingerprint density at radius 2 is 2.09 bits per heavy atom. The third-order valence-electron chi connectivity index (χ3n) is 4.00. The van der Waals surface area contributed by atoms with Gasteiger partial charge >= 0.3 is 6.09 Å². The van der Waals surface area contributed by atoms with Gasteiger partial charge in [-0.15, -0.1) is 5.10 Å². The third-order valence-corrected chi connectivity index (χ3v) is 4.00. The minimum atomic E-state index is -0.531. The van der Waals surface area contributed by atoms with Crippen LogP contribution in [0.25, 0.3) is 5.65 Å². The summed E-state index contributed by atoms with van der Waals surface area (Å²) in [6.07, 6.45) is 3.10. The lowest BCUT2D eigenvalue weighted by Gasteiger charge is -2.29. The van der Waals surface area contributed by atoms with Crippen LogP contribution in [0.1, 0.15) is 39.4 Å². The van der Waals surface area contributed by atoms with Crippen molar-refractivity contribution in [3.8, 4) is 5.75 Å². The van der Waals surface area contributed by atoms with Crippen LogP contribution in [0.15, 0.2) is 18.3 Å². The number of pyridine rings is 1. The van der Waals surface area contributed by atoms with Crippen molar-refractivity contribution in [1.82, 2.24) is 19.5 Å². The van der Waals surface area contributed by atoms with Crippen molar-refractivity contribution in [2.24, 2.45) is 0 Å². The highest BCUT2D eigenvalue weighted by atomic mass is 16.6. The molecular formula is C16H22N4O3. The van der Waals surface area contributed by atoms with Crippen LogP contribution in [0.4, 0.5) is 4.79 Å². The lowest BCUT2D eigenvalue weighted by Crippen LogP contribution is -2.41. The molecule has 0 aromatic carbocycles. The molecule has 0 spiro atoms. The highest BCUT2D eigenvalue weighted by molar-refractivity contribution is 5.70. The zero-order chi connectivity index (χ0) is 16.8. The smallest absolute Gasteiger partial charge is 0.410 e. The largest absolute Gasteiger partial charge is 0.493 e. The van der Waals surface area contributed by atoms with Crippen molar-refractivity contribution in [3.05, 3.63) is 24.2 Å². The van der Waals surface area contributed by atoms with Crippen LogP contribution in [0, 0.1) is 0 Å². The van der Waals surface area contributed by atoms with E-state index in [0.29, 0.717) is 17.2 Å². The number of ether oxygens (including phenoxy) is 2. The Bertz CT molecular complexity index is 743. The number of aromatic nitrogens is 3. The monoisotopic (exact) mass is 318 g/mol. The fourth-order valence-electron chi connectivity index (χ4n) is 2.57. The number of methoxy groups -OCH3 is 1. The van der Waals surface area contributed by atoms with E-state index >= 15 is 0 Å². The number of carbonyl (C=O) groups is 1. The molecule has 23 heavy (non-hydrogen) atoms. The molecule has 0 radical (unpaired) electrons. The summed E-state index contributed by atoms with van der Waals surface area (Å²) in [6.45, 7) is 5.56. The molecule has 1 aliphatic rings. The molecule has 1 amide bonds. The van der Waals surface area contributed by atoms with Gasteiger partial charge in [0.15, 0.2) is 17.2 Å². The van der Waals surface area contributed by atoms with Gasteiger partial charge in [0.1, 0.15) is 11.1 Å². The average molecular weight is 318 g/mol. The molecule has 124 valence electrons. The first kappa shape index (κ1) is 15.6. The molecule has 0 N–H and O–H groups in total. The summed E-state index contributed by atoms with van der Waals surface area (Å²) < 4.78 is 12.5. The van der Waals surface area contributed by atoms with E-state index in [0.717, 1.165) is 12.8 Å². The standard InChI is InChI=1S/C16H22N4O3/c1-15(2,3)23-14(21)19(4)16(8-9-16)13-17-12-11(22-5)7-6-10-20(12)18-13/h6-7,10H,8-9H2,1-5H3. The molecule has 1 saturated carbocycles. The Morgan fingerprint density at radius 3 is 2.65 bits per heavy atom. The molecule has 2 aromatic rings. The number of fused-ring (bicyclic) bond motifs is 1. The average Bonchev–Trinajstić information content (AvgIpc) is 3.16. The van der Waals surface area contributed by atoms with Crippen molar-refractivity contribution < 1.29 is 14.3 Å². The number of rotatable bonds is 3. The Labute approximate surface area is 135 Å². The van der Waals surface area contributed by atoms with Crippen LogP contribution in [0.2, 0.25) is 0 Å². The molecule has 0 atom stereocenters. The topological polar surface area (TPSA) is 69.0 Å². The molecule has 1 fully saturated rings. The Morgan fingerprint density at radius 1 is 1.39 bits per heavy atom. The molecule has 3 rings (SSSR count). The summed E-state index contributed by atoms with van der Waals surface area (Å²) in [5.41, 5.74) is -0.370. The molecule has 0 aliphatic heterocycles. The number of nitrogens with zero attached hydrogens (tertiary/aromatic N) is 4. The normalized spacial score (nSPS) is 16.2. The second-order valence-corrected chi connectivity index (χ2v) is 6.85. The van der Waals surface area contributed by atoms with Crippen molar-refractivity contribution in [2.45, 2.75) is 44.8 Å². The molecule has 0 bridgehead atoms. The highest BCUT2D eigenvalue weighted by Crippen LogP contribution is 2.49. The van der Waals surface area contributed by atoms with Gasteiger partial charge in [-0.3, -0.25) is 4.90 Å². The quantitative estimate of drug-likeness (QED) is 0.870. The predicted octanol–water partition coefficient (Wildman–Crippen LogP) is 2.59. The van der Waals surface area contributed by atoms with Gasteiger partial charge in [0.05, 0.1) is 7.11 Å². The van der Waals surface area contributed by atoms with Crippen LogP contribution in [0.3, 0.4) is 0 Å². The zero-order valence-electron chi connectivity index (χ0n) is 14.2. The van der Waals surface area contributed by atoms with E-state index in [1.807, 2.05) is 39.1 Å². The number of hydrogen-bond donors (Lipinski definition) is 0. The van der Waals surface area contributed by atoms with Gasteiger partial charge in [-0.25, -0.2) is 14.3 Å². The van der Waals surface area contributed by atoms with E-state index in [9.17, 15) is 4.79 Å². The first-order valence-electron chi connectivity index (χ1n) is 7.63. The second-order valence-electron chi connectivity index (χ2n) is 6.85. The minimum Gasteiger partial charge on any atom is -0.493 e. The van der Waals surface area contributed by atoms with Gasteiger partial charge in [-0.05, 0) is 45.7 Å². The maximum absolute atomic E-state index is 12.4. The Balaban J connectivity index is 1.93. The summed E-state index contributed by atoms with van der Waals surface area (Å²) in [4.78, 5) is 18.6. The van der Waals surface area contributed by atoms with Gasteiger partial charge in [-0.2, -0.15) is 0 Å². The number of carbonyl (C=O) groups excluding carboxylic acids is 1. The van der Waals surface area contributed by atoms with Crippen LogP contribution in [-0.2, 0) is 10.3 Å². The van der Waals surface area contributed by atoms with Crippen molar-refractivity contribution >= 4 is 11.7 Å². The fourth-order valence-corrected chi connectivity index (χ4v) is 2.57. The van der Waals surface area contributed by atoms with Crippen LogP contribution in [0.5, 0.6) is 5.75 Å². The summed E-state index contributed by atoms with van der Waals surface area (Å²) in [5, 5.41) is 4.53. The zero-order valence-corrected chi connectivity index (χ0v) is 14.2. The second kappa shape index (κ2) is 5.11. The first-order chi connectivity index (χ1) is 10.8. The first-order valence-corrected chi connectivity index (χ1v) is 7.63. The Hall–Kier alpha value is -2.31. The molecule has 0 unspecified atom stereocenters. The van der Waals surface area contributed by atoms with E-state index in [4.69, 9.17) is 9.47 Å². The van der Waals surface area contributed by atoms with Gasteiger partial charge in [0.25, 0.3) is 0 Å². The van der Waals surface area contributed by atoms with E-state index in [1.165, 1.54) is 0 Å². The van der Waals surface area contributed by atoms with Crippen LogP contribution in [-0.4, -0.2) is 45.3 Å². The van der Waals surface area contributed by atoms with E-state index in [-0.39, 0.29) is 6.09 Å². The summed E-state index contributed by atoms with van der Waals surface area (Å²) >= 11 is 0. The van der Waals surface area contributed by atoms with Crippen molar-refractivity contribution in [2.75, 3.05) is 14.2 Å². The third kappa shape index (κ3) is 2.71. The minimum absolute atomic E-state index is 0.360. The maximum Gasteiger partial charge on any atom is 0.410 e. The molecule has 2 heterocycles. The van der Waals surface area contributed by atoms with Crippen molar-refractivity contribution in [3.63, 3.8) is 0 Å². The van der Waals surface area contributed by atoms with Gasteiger partial charge in [0.2, 0.25) is 0 Å². The van der Waals surface area contributed by atoms with Crippen LogP contribution < -0.4 is 4.74 Å². The molecule has 7 nitrogen and oxygen atoms in total. The van der Waals surface area contributed by atoms with Gasteiger partial charge < -0.3 is 9.47 Å². The molecule has 0 saturated heterocycles. The van der Waals surface area contributed by atoms with Crippen LogP contribution >= 0.6 is 0 Å². The number of hydrogen-bond acceptors (Lipinski definition) is 5.